The molecule has 0 amide bonds. The van der Waals surface area contributed by atoms with Gasteiger partial charge in [-0.2, -0.15) is 0 Å². The predicted octanol–water partition coefficient (Wildman–Crippen LogP) is 1.18. The van der Waals surface area contributed by atoms with Crippen LogP contribution in [0.25, 0.3) is 0 Å². The smallest absolute Gasteiger partial charge is 0.157 e. The highest BCUT2D eigenvalue weighted by atomic mass is 16.7. The number of hydrogen-bond donors (Lipinski definition) is 2. The number of fused-ring (bicyclic) bond motifs is 2. The van der Waals surface area contributed by atoms with Gasteiger partial charge in [-0.25, -0.2) is 0 Å². The van der Waals surface area contributed by atoms with Crippen LogP contribution < -0.4 is 5.32 Å². The molecule has 0 aromatic rings. The lowest BCUT2D eigenvalue weighted by molar-refractivity contribution is -0.187. The SMILES string of the molecule is OC1(CCC2OCCCO2)CC2CCC(C1)N2. The summed E-state index contributed by atoms with van der Waals surface area (Å²) in [6.07, 6.45) is 6.80. The molecule has 3 fully saturated rings. The molecule has 4 heteroatoms. The molecular formula is C13H23NO3. The van der Waals surface area contributed by atoms with Crippen LogP contribution in [-0.4, -0.2) is 42.3 Å². The summed E-state index contributed by atoms with van der Waals surface area (Å²) in [4.78, 5) is 0. The first-order valence-corrected chi connectivity index (χ1v) is 6.95. The van der Waals surface area contributed by atoms with E-state index in [9.17, 15) is 5.11 Å². The fourth-order valence-electron chi connectivity index (χ4n) is 3.52. The maximum atomic E-state index is 10.6. The Morgan fingerprint density at radius 1 is 1.12 bits per heavy atom. The van der Waals surface area contributed by atoms with Crippen molar-refractivity contribution in [2.24, 2.45) is 0 Å². The number of hydrogen-bond acceptors (Lipinski definition) is 4. The van der Waals surface area contributed by atoms with Crippen LogP contribution in [0, 0.1) is 0 Å². The van der Waals surface area contributed by atoms with Crippen molar-refractivity contribution in [2.75, 3.05) is 13.2 Å². The average molecular weight is 241 g/mol. The van der Waals surface area contributed by atoms with Gasteiger partial charge in [0.15, 0.2) is 6.29 Å². The Hall–Kier alpha value is -0.160. The van der Waals surface area contributed by atoms with E-state index in [0.29, 0.717) is 12.1 Å². The molecule has 0 aliphatic carbocycles. The van der Waals surface area contributed by atoms with Gasteiger partial charge in [0.25, 0.3) is 0 Å². The quantitative estimate of drug-likeness (QED) is 0.779. The van der Waals surface area contributed by atoms with E-state index in [0.717, 1.165) is 45.3 Å². The van der Waals surface area contributed by atoms with Crippen molar-refractivity contribution in [3.05, 3.63) is 0 Å². The number of ether oxygens (including phenoxy) is 2. The van der Waals surface area contributed by atoms with E-state index in [1.165, 1.54) is 12.8 Å². The lowest BCUT2D eigenvalue weighted by Gasteiger charge is -2.38. The first kappa shape index (κ1) is 11.9. The molecule has 2 bridgehead atoms. The highest BCUT2D eigenvalue weighted by Crippen LogP contribution is 2.37. The normalized spacial score (nSPS) is 42.9. The molecule has 2 unspecified atom stereocenters. The van der Waals surface area contributed by atoms with Gasteiger partial charge in [-0.15, -0.1) is 0 Å². The third kappa shape index (κ3) is 2.81. The van der Waals surface area contributed by atoms with Crippen molar-refractivity contribution in [1.82, 2.24) is 5.32 Å². The molecule has 0 aromatic carbocycles. The van der Waals surface area contributed by atoms with Crippen molar-refractivity contribution >= 4 is 0 Å². The van der Waals surface area contributed by atoms with Crippen molar-refractivity contribution in [1.29, 1.82) is 0 Å². The summed E-state index contributed by atoms with van der Waals surface area (Å²) in [7, 11) is 0. The molecule has 3 aliphatic rings. The van der Waals surface area contributed by atoms with Gasteiger partial charge in [-0.1, -0.05) is 0 Å². The Kier molecular flexibility index (Phi) is 3.39. The zero-order valence-electron chi connectivity index (χ0n) is 10.4. The fraction of sp³-hybridized carbons (Fsp3) is 1.00. The van der Waals surface area contributed by atoms with Crippen LogP contribution in [-0.2, 0) is 9.47 Å². The van der Waals surface area contributed by atoms with Crippen LogP contribution in [0.1, 0.15) is 44.9 Å². The summed E-state index contributed by atoms with van der Waals surface area (Å²) in [6, 6.07) is 1.07. The number of rotatable bonds is 3. The van der Waals surface area contributed by atoms with Crippen LogP contribution in [0.15, 0.2) is 0 Å². The second-order valence-corrected chi connectivity index (χ2v) is 5.83. The van der Waals surface area contributed by atoms with Gasteiger partial charge in [0, 0.05) is 18.5 Å². The average Bonchev–Trinajstić information content (AvgIpc) is 2.69. The Bertz CT molecular complexity index is 253. The minimum absolute atomic E-state index is 0.0830. The minimum atomic E-state index is -0.485. The largest absolute Gasteiger partial charge is 0.390 e. The van der Waals surface area contributed by atoms with Gasteiger partial charge in [0.05, 0.1) is 18.8 Å². The first-order valence-electron chi connectivity index (χ1n) is 6.95. The van der Waals surface area contributed by atoms with E-state index >= 15 is 0 Å². The minimum Gasteiger partial charge on any atom is -0.390 e. The van der Waals surface area contributed by atoms with Crippen molar-refractivity contribution in [3.8, 4) is 0 Å². The summed E-state index contributed by atoms with van der Waals surface area (Å²) < 4.78 is 11.1. The molecule has 3 saturated heterocycles. The van der Waals surface area contributed by atoms with Crippen LogP contribution in [0.3, 0.4) is 0 Å². The van der Waals surface area contributed by atoms with Crippen LogP contribution >= 0.6 is 0 Å². The molecule has 3 heterocycles. The van der Waals surface area contributed by atoms with Crippen molar-refractivity contribution in [2.45, 2.75) is 68.9 Å². The molecule has 0 spiro atoms. The molecule has 3 rings (SSSR count). The highest BCUT2D eigenvalue weighted by molar-refractivity contribution is 4.99. The van der Waals surface area contributed by atoms with E-state index < -0.39 is 5.60 Å². The van der Waals surface area contributed by atoms with Gasteiger partial charge < -0.3 is 19.9 Å². The number of nitrogens with one attached hydrogen (secondary N) is 1. The molecular weight excluding hydrogens is 218 g/mol. The third-order valence-electron chi connectivity index (χ3n) is 4.33. The van der Waals surface area contributed by atoms with Gasteiger partial charge in [0.1, 0.15) is 0 Å². The molecule has 2 N–H and O–H groups in total. The molecule has 3 aliphatic heterocycles. The second kappa shape index (κ2) is 4.84. The van der Waals surface area contributed by atoms with E-state index in [1.807, 2.05) is 0 Å². The number of piperidine rings is 1. The maximum absolute atomic E-state index is 10.6. The van der Waals surface area contributed by atoms with Crippen LogP contribution in [0.2, 0.25) is 0 Å². The van der Waals surface area contributed by atoms with Crippen molar-refractivity contribution in [3.63, 3.8) is 0 Å². The van der Waals surface area contributed by atoms with Gasteiger partial charge >= 0.3 is 0 Å². The van der Waals surface area contributed by atoms with Crippen LogP contribution in [0.4, 0.5) is 0 Å². The topological polar surface area (TPSA) is 50.7 Å². The lowest BCUT2D eigenvalue weighted by Crippen LogP contribution is -2.48. The maximum Gasteiger partial charge on any atom is 0.157 e. The van der Waals surface area contributed by atoms with E-state index in [4.69, 9.17) is 9.47 Å². The Morgan fingerprint density at radius 2 is 1.76 bits per heavy atom. The van der Waals surface area contributed by atoms with Gasteiger partial charge in [0.2, 0.25) is 0 Å². The van der Waals surface area contributed by atoms with Gasteiger partial charge in [-0.05, 0) is 38.5 Å². The summed E-state index contributed by atoms with van der Waals surface area (Å²) in [5.41, 5.74) is -0.485. The second-order valence-electron chi connectivity index (χ2n) is 5.83. The molecule has 4 nitrogen and oxygen atoms in total. The number of aliphatic hydroxyl groups is 1. The first-order chi connectivity index (χ1) is 8.23. The van der Waals surface area contributed by atoms with E-state index in [2.05, 4.69) is 5.32 Å². The van der Waals surface area contributed by atoms with Gasteiger partial charge in [-0.3, -0.25) is 0 Å². The zero-order valence-corrected chi connectivity index (χ0v) is 10.4. The monoisotopic (exact) mass is 241 g/mol. The predicted molar refractivity (Wildman–Crippen MR) is 63.7 cm³/mol. The lowest BCUT2D eigenvalue weighted by atomic mass is 9.83. The molecule has 0 saturated carbocycles. The Morgan fingerprint density at radius 3 is 2.41 bits per heavy atom. The Labute approximate surface area is 103 Å². The Balaban J connectivity index is 1.50. The molecule has 0 aromatic heterocycles. The molecule has 17 heavy (non-hydrogen) atoms. The summed E-state index contributed by atoms with van der Waals surface area (Å²) in [5, 5.41) is 14.2. The standard InChI is InChI=1S/C13H23NO3/c15-13(5-4-12-16-6-1-7-17-12)8-10-2-3-11(9-13)14-10/h10-12,14-15H,1-9H2. The highest BCUT2D eigenvalue weighted by Gasteiger charge is 2.42. The third-order valence-corrected chi connectivity index (χ3v) is 4.33. The molecule has 98 valence electrons. The molecule has 2 atom stereocenters. The summed E-state index contributed by atoms with van der Waals surface area (Å²) in [6.45, 7) is 1.60. The van der Waals surface area contributed by atoms with Crippen LogP contribution in [0.5, 0.6) is 0 Å². The van der Waals surface area contributed by atoms with Crippen molar-refractivity contribution < 1.29 is 14.6 Å². The fourth-order valence-corrected chi connectivity index (χ4v) is 3.52. The summed E-state index contributed by atoms with van der Waals surface area (Å²) in [5.74, 6) is 0. The molecule has 0 radical (unpaired) electrons. The van der Waals surface area contributed by atoms with E-state index in [1.54, 1.807) is 0 Å². The zero-order chi connectivity index (χ0) is 11.7. The summed E-state index contributed by atoms with van der Waals surface area (Å²) >= 11 is 0. The van der Waals surface area contributed by atoms with E-state index in [-0.39, 0.29) is 6.29 Å².